The van der Waals surface area contributed by atoms with Crippen molar-refractivity contribution in [2.75, 3.05) is 39.5 Å². The summed E-state index contributed by atoms with van der Waals surface area (Å²) in [6.07, 6.45) is 7.60. The maximum Gasteiger partial charge on any atom is 0 e. The molecule has 0 bridgehead atoms. The van der Waals surface area contributed by atoms with Crippen molar-refractivity contribution < 1.29 is 103 Å². The van der Waals surface area contributed by atoms with Crippen LogP contribution >= 0.6 is 0 Å². The average molecular weight is 1050 g/mol. The third-order valence-electron chi connectivity index (χ3n) is 7.90. The van der Waals surface area contributed by atoms with Crippen molar-refractivity contribution in [1.29, 1.82) is 0 Å². The molecule has 0 saturated carbocycles. The summed E-state index contributed by atoms with van der Waals surface area (Å²) in [4.78, 5) is 90.7. The second-order valence-electron chi connectivity index (χ2n) is 12.3. The van der Waals surface area contributed by atoms with Crippen LogP contribution in [0, 0.1) is 20.0 Å². The molecule has 0 spiro atoms. The molecule has 2 aromatic rings. The van der Waals surface area contributed by atoms with E-state index in [-0.39, 0.29) is 78.4 Å². The minimum atomic E-state index is -1.50. The molecule has 26 heteroatoms. The number of ether oxygens (including phenoxy) is 2. The standard InChI is InChI=1S/C33H50N8O14.3CO.Re/c42-27(36-9-2-1-5-23(31(49)50)37-33(53)38-24(32(51)52)6-7-28(43)44)8-16-55-18-17-54-15-4-3-12-39(19-25-34-10-13-40(25)21-29(45)46)20-26-35-11-14-41(26)22-30(47)48;3*1-2;/h10-11,13-14,23-24H,1-9,12,15-22H2,(H,36,42)(H,43,44)(H,45,46)(H,47,48)(H,49,50)(H,51,52)(H2,37,38,53);;;;/t23-,24-;;;;/m0..../s1. The smallest absolute Gasteiger partial charge is 0 e. The number of carboxylic acid groups (broad SMARTS) is 5. The van der Waals surface area contributed by atoms with Crippen molar-refractivity contribution in [3.63, 3.8) is 0 Å². The molecule has 2 heterocycles. The molecule has 0 saturated heterocycles. The molecular weight excluding hydrogens is 1000 g/mol. The predicted octanol–water partition coefficient (Wildman–Crippen LogP) is -0.304. The summed E-state index contributed by atoms with van der Waals surface area (Å²) in [5.41, 5.74) is 0. The number of rotatable bonds is 31. The summed E-state index contributed by atoms with van der Waals surface area (Å²) in [6, 6.07) is -3.88. The summed E-state index contributed by atoms with van der Waals surface area (Å²) in [6.45, 7) is 15.7. The Morgan fingerprint density at radius 3 is 1.60 bits per heavy atom. The Balaban J connectivity index is -0.00000475. The molecule has 2 rings (SSSR count). The van der Waals surface area contributed by atoms with Gasteiger partial charge in [-0.1, -0.05) is 0 Å². The number of hydrogen-bond acceptors (Lipinski definition) is 12. The molecule has 25 nitrogen and oxygen atoms in total. The Morgan fingerprint density at radius 1 is 0.645 bits per heavy atom. The van der Waals surface area contributed by atoms with Crippen LogP contribution in [0.5, 0.6) is 0 Å². The van der Waals surface area contributed by atoms with Gasteiger partial charge in [-0.05, 0) is 45.1 Å². The van der Waals surface area contributed by atoms with Crippen LogP contribution in [0.25, 0.3) is 0 Å². The average Bonchev–Trinajstić information content (AvgIpc) is 3.85. The Hall–Kier alpha value is -5.73. The summed E-state index contributed by atoms with van der Waals surface area (Å²) in [5.74, 6) is -5.20. The molecule has 2 aromatic heterocycles. The molecule has 1 radical (unpaired) electrons. The molecule has 0 aliphatic carbocycles. The van der Waals surface area contributed by atoms with Crippen molar-refractivity contribution in [3.05, 3.63) is 56.4 Å². The molecule has 3 amide bonds. The fourth-order valence-corrected chi connectivity index (χ4v) is 5.13. The number of urea groups is 1. The number of carbonyl (C=O) groups excluding carboxylic acids is 2. The number of carboxylic acids is 5. The van der Waals surface area contributed by atoms with Crippen LogP contribution in [0.15, 0.2) is 24.8 Å². The third kappa shape index (κ3) is 29.5. The van der Waals surface area contributed by atoms with Gasteiger partial charge in [0.1, 0.15) is 36.8 Å². The first-order valence-electron chi connectivity index (χ1n) is 18.2. The van der Waals surface area contributed by atoms with Gasteiger partial charge in [0.25, 0.3) is 0 Å². The van der Waals surface area contributed by atoms with Crippen molar-refractivity contribution in [1.82, 2.24) is 40.0 Å². The van der Waals surface area contributed by atoms with E-state index in [1.54, 1.807) is 12.4 Å². The molecule has 62 heavy (non-hydrogen) atoms. The van der Waals surface area contributed by atoms with Crippen LogP contribution in [0.2, 0.25) is 0 Å². The van der Waals surface area contributed by atoms with Crippen LogP contribution in [0.4, 0.5) is 4.79 Å². The Morgan fingerprint density at radius 2 is 1.13 bits per heavy atom. The van der Waals surface area contributed by atoms with Gasteiger partial charge in [-0.15, -0.1) is 0 Å². The SMILES string of the molecule is O=C(O)CC[C@H](NC(=O)N[C@@H](CCCCNC(=O)CCOCCOCCCCN(Cc1nccn1CC(=O)O)Cc1nccn1CC(=O)O)C(=O)O)C(=O)O.[C-]#[O+].[C-]#[O+].[C-]#[O+].[Re]. The molecule has 0 aromatic carbocycles. The number of unbranched alkanes of at least 4 members (excludes halogenated alkanes) is 2. The summed E-state index contributed by atoms with van der Waals surface area (Å²) in [5, 5.41) is 52.6. The van der Waals surface area contributed by atoms with Gasteiger partial charge in [0.2, 0.25) is 5.91 Å². The second-order valence-corrected chi connectivity index (χ2v) is 12.3. The first-order valence-corrected chi connectivity index (χ1v) is 18.2. The van der Waals surface area contributed by atoms with Crippen molar-refractivity contribution in [2.24, 2.45) is 0 Å². The number of carbonyl (C=O) groups is 7. The largest absolute Gasteiger partial charge is 0 e. The van der Waals surface area contributed by atoms with Gasteiger partial charge >= 0.3 is 69.8 Å². The van der Waals surface area contributed by atoms with E-state index in [2.05, 4.69) is 45.9 Å². The van der Waals surface area contributed by atoms with E-state index in [0.29, 0.717) is 70.2 Å². The molecular formula is C36H50N8O17Re. The normalized spacial score (nSPS) is 10.9. The van der Waals surface area contributed by atoms with Gasteiger partial charge in [0.15, 0.2) is 0 Å². The zero-order valence-electron chi connectivity index (χ0n) is 33.4. The van der Waals surface area contributed by atoms with Crippen LogP contribution < -0.4 is 16.0 Å². The fourth-order valence-electron chi connectivity index (χ4n) is 5.13. The summed E-state index contributed by atoms with van der Waals surface area (Å²) in [7, 11) is 0. The summed E-state index contributed by atoms with van der Waals surface area (Å²) >= 11 is 0. The van der Waals surface area contributed by atoms with Crippen molar-refractivity contribution in [3.8, 4) is 0 Å². The number of imidazole rings is 2. The number of aliphatic carboxylic acids is 5. The monoisotopic (exact) mass is 1050 g/mol. The molecule has 0 aliphatic heterocycles. The number of nitrogens with zero attached hydrogens (tertiary/aromatic N) is 5. The molecule has 0 aliphatic rings. The van der Waals surface area contributed by atoms with E-state index in [9.17, 15) is 48.9 Å². The fraction of sp³-hybridized carbons (Fsp3) is 0.556. The van der Waals surface area contributed by atoms with Gasteiger partial charge in [-0.25, -0.2) is 24.4 Å². The van der Waals surface area contributed by atoms with E-state index in [1.807, 2.05) is 4.90 Å². The van der Waals surface area contributed by atoms with Gasteiger partial charge < -0.3 is 60.1 Å². The van der Waals surface area contributed by atoms with Gasteiger partial charge in [0, 0.05) is 71.2 Å². The Bertz CT molecular complexity index is 1630. The van der Waals surface area contributed by atoms with Crippen LogP contribution in [-0.2, 0) is 98.8 Å². The number of hydrogen-bond donors (Lipinski definition) is 8. The van der Waals surface area contributed by atoms with Gasteiger partial charge in [0.05, 0.1) is 32.9 Å². The molecule has 343 valence electrons. The van der Waals surface area contributed by atoms with Gasteiger partial charge in [-0.3, -0.25) is 24.1 Å². The van der Waals surface area contributed by atoms with E-state index in [0.717, 1.165) is 0 Å². The Kier molecular flexibility index (Phi) is 37.3. The second kappa shape index (κ2) is 38.2. The molecule has 2 atom stereocenters. The molecule has 8 N–H and O–H groups in total. The maximum atomic E-state index is 12.1. The van der Waals surface area contributed by atoms with Crippen LogP contribution in [0.3, 0.4) is 0 Å². The summed E-state index contributed by atoms with van der Waals surface area (Å²) < 4.78 is 36.7. The Labute approximate surface area is 369 Å². The number of aromatic nitrogens is 4. The number of amides is 3. The molecule has 0 fully saturated rings. The predicted molar refractivity (Wildman–Crippen MR) is 199 cm³/mol. The van der Waals surface area contributed by atoms with E-state index < -0.39 is 54.4 Å². The topological polar surface area (TPSA) is 374 Å². The maximum absolute atomic E-state index is 12.1. The van der Waals surface area contributed by atoms with E-state index in [1.165, 1.54) is 21.5 Å². The van der Waals surface area contributed by atoms with E-state index in [4.69, 9.17) is 33.6 Å². The molecule has 0 unspecified atom stereocenters. The zero-order valence-corrected chi connectivity index (χ0v) is 36.2. The number of nitrogens with one attached hydrogen (secondary N) is 3. The minimum Gasteiger partial charge on any atom is 0 e. The van der Waals surface area contributed by atoms with Crippen molar-refractivity contribution >= 4 is 41.8 Å². The third-order valence-corrected chi connectivity index (χ3v) is 7.90. The quantitative estimate of drug-likeness (QED) is 0.0273. The van der Waals surface area contributed by atoms with Crippen LogP contribution in [0.1, 0.15) is 63.0 Å². The van der Waals surface area contributed by atoms with Crippen molar-refractivity contribution in [2.45, 2.75) is 89.6 Å². The minimum absolute atomic E-state index is 0. The van der Waals surface area contributed by atoms with E-state index >= 15 is 0 Å². The van der Waals surface area contributed by atoms with Gasteiger partial charge in [-0.2, -0.15) is 0 Å². The first-order chi connectivity index (χ1) is 29.2. The first kappa shape index (κ1) is 60.6. The van der Waals surface area contributed by atoms with Crippen LogP contribution in [-0.4, -0.2) is 143 Å². The zero-order chi connectivity index (χ0) is 46.6.